The standard InChI is InChI=1S/C18H19N3/c1-12-7-8-14(11-13(12)2)17(19-3)15-5-4-6-16-18(15)21-10-9-20-16/h4-11,17,19H,1-3H3. The average Bonchev–Trinajstić information content (AvgIpc) is 2.52. The van der Waals surface area contributed by atoms with Gasteiger partial charge in [-0.2, -0.15) is 0 Å². The van der Waals surface area contributed by atoms with E-state index < -0.39 is 0 Å². The van der Waals surface area contributed by atoms with Crippen LogP contribution in [0, 0.1) is 13.8 Å². The van der Waals surface area contributed by atoms with E-state index in [0.29, 0.717) is 0 Å². The van der Waals surface area contributed by atoms with Crippen molar-refractivity contribution in [2.24, 2.45) is 0 Å². The van der Waals surface area contributed by atoms with Gasteiger partial charge in [-0.1, -0.05) is 30.3 Å². The number of rotatable bonds is 3. The molecule has 21 heavy (non-hydrogen) atoms. The Morgan fingerprint density at radius 1 is 0.952 bits per heavy atom. The summed E-state index contributed by atoms with van der Waals surface area (Å²) in [5.41, 5.74) is 6.91. The minimum Gasteiger partial charge on any atom is -0.309 e. The molecule has 0 aliphatic heterocycles. The lowest BCUT2D eigenvalue weighted by molar-refractivity contribution is 0.694. The maximum atomic E-state index is 4.51. The Kier molecular flexibility index (Phi) is 3.67. The fraction of sp³-hybridized carbons (Fsp3) is 0.222. The molecule has 0 bridgehead atoms. The second-order valence-corrected chi connectivity index (χ2v) is 5.34. The highest BCUT2D eigenvalue weighted by Gasteiger charge is 2.16. The van der Waals surface area contributed by atoms with Crippen molar-refractivity contribution in [1.82, 2.24) is 15.3 Å². The third-order valence-corrected chi connectivity index (χ3v) is 3.99. The van der Waals surface area contributed by atoms with Gasteiger partial charge >= 0.3 is 0 Å². The zero-order valence-electron chi connectivity index (χ0n) is 12.6. The van der Waals surface area contributed by atoms with Crippen molar-refractivity contribution in [2.75, 3.05) is 7.05 Å². The van der Waals surface area contributed by atoms with E-state index in [4.69, 9.17) is 0 Å². The summed E-state index contributed by atoms with van der Waals surface area (Å²) >= 11 is 0. The van der Waals surface area contributed by atoms with Crippen molar-refractivity contribution in [2.45, 2.75) is 19.9 Å². The van der Waals surface area contributed by atoms with E-state index >= 15 is 0 Å². The van der Waals surface area contributed by atoms with Crippen molar-refractivity contribution < 1.29 is 0 Å². The number of aryl methyl sites for hydroxylation is 2. The van der Waals surface area contributed by atoms with Crippen LogP contribution in [0.15, 0.2) is 48.8 Å². The molecule has 0 aliphatic rings. The molecule has 1 aromatic heterocycles. The number of aromatic nitrogens is 2. The van der Waals surface area contributed by atoms with Crippen molar-refractivity contribution in [3.63, 3.8) is 0 Å². The molecule has 1 atom stereocenters. The Morgan fingerprint density at radius 3 is 2.52 bits per heavy atom. The van der Waals surface area contributed by atoms with Crippen LogP contribution in [0.5, 0.6) is 0 Å². The lowest BCUT2D eigenvalue weighted by Crippen LogP contribution is -2.18. The van der Waals surface area contributed by atoms with Crippen molar-refractivity contribution in [1.29, 1.82) is 0 Å². The maximum Gasteiger partial charge on any atom is 0.0937 e. The summed E-state index contributed by atoms with van der Waals surface area (Å²) in [6.07, 6.45) is 3.48. The molecule has 2 aromatic carbocycles. The Labute approximate surface area is 125 Å². The molecule has 1 unspecified atom stereocenters. The number of benzene rings is 2. The van der Waals surface area contributed by atoms with Crippen LogP contribution in [-0.2, 0) is 0 Å². The fourth-order valence-electron chi connectivity index (χ4n) is 2.69. The molecule has 0 saturated heterocycles. The molecular weight excluding hydrogens is 258 g/mol. The number of para-hydroxylation sites is 1. The van der Waals surface area contributed by atoms with Gasteiger partial charge in [0.1, 0.15) is 0 Å². The van der Waals surface area contributed by atoms with E-state index in [0.717, 1.165) is 16.6 Å². The van der Waals surface area contributed by atoms with Crippen molar-refractivity contribution in [3.8, 4) is 0 Å². The summed E-state index contributed by atoms with van der Waals surface area (Å²) in [5.74, 6) is 0. The molecule has 0 aliphatic carbocycles. The minimum atomic E-state index is 0.115. The highest BCUT2D eigenvalue weighted by molar-refractivity contribution is 5.78. The molecule has 0 amide bonds. The van der Waals surface area contributed by atoms with Crippen LogP contribution in [0.3, 0.4) is 0 Å². The first-order chi connectivity index (χ1) is 10.2. The molecule has 0 radical (unpaired) electrons. The van der Waals surface area contributed by atoms with Gasteiger partial charge in [-0.15, -0.1) is 0 Å². The number of nitrogens with one attached hydrogen (secondary N) is 1. The monoisotopic (exact) mass is 277 g/mol. The van der Waals surface area contributed by atoms with Gasteiger partial charge in [0.25, 0.3) is 0 Å². The molecule has 3 nitrogen and oxygen atoms in total. The van der Waals surface area contributed by atoms with Gasteiger partial charge in [-0.3, -0.25) is 9.97 Å². The third-order valence-electron chi connectivity index (χ3n) is 3.99. The first-order valence-corrected chi connectivity index (χ1v) is 7.15. The summed E-state index contributed by atoms with van der Waals surface area (Å²) in [5, 5.41) is 3.41. The molecule has 1 N–H and O–H groups in total. The summed E-state index contributed by atoms with van der Waals surface area (Å²) in [4.78, 5) is 8.91. The molecule has 0 spiro atoms. The Bertz CT molecular complexity index is 775. The molecule has 3 aromatic rings. The molecule has 3 rings (SSSR count). The van der Waals surface area contributed by atoms with Crippen molar-refractivity contribution >= 4 is 11.0 Å². The Morgan fingerprint density at radius 2 is 1.76 bits per heavy atom. The first kappa shape index (κ1) is 13.7. The number of hydrogen-bond acceptors (Lipinski definition) is 3. The highest BCUT2D eigenvalue weighted by atomic mass is 14.9. The second-order valence-electron chi connectivity index (χ2n) is 5.34. The summed E-state index contributed by atoms with van der Waals surface area (Å²) < 4.78 is 0. The van der Waals surface area contributed by atoms with Crippen LogP contribution in [0.25, 0.3) is 11.0 Å². The predicted octanol–water partition coefficient (Wildman–Crippen LogP) is 3.56. The third kappa shape index (κ3) is 2.52. The number of fused-ring (bicyclic) bond motifs is 1. The van der Waals surface area contributed by atoms with Gasteiger partial charge < -0.3 is 5.32 Å². The predicted molar refractivity (Wildman–Crippen MR) is 86.4 cm³/mol. The second kappa shape index (κ2) is 5.62. The number of nitrogens with zero attached hydrogens (tertiary/aromatic N) is 2. The molecule has 0 saturated carbocycles. The highest BCUT2D eigenvalue weighted by Crippen LogP contribution is 2.27. The summed E-state index contributed by atoms with van der Waals surface area (Å²) in [7, 11) is 1.98. The van der Waals surface area contributed by atoms with Crippen molar-refractivity contribution in [3.05, 3.63) is 71.0 Å². The molecular formula is C18H19N3. The van der Waals surface area contributed by atoms with Crippen LogP contribution in [-0.4, -0.2) is 17.0 Å². The van der Waals surface area contributed by atoms with Gasteiger partial charge in [0.2, 0.25) is 0 Å². The van der Waals surface area contributed by atoms with E-state index in [1.54, 1.807) is 12.4 Å². The zero-order chi connectivity index (χ0) is 14.8. The molecule has 0 fully saturated rings. The Balaban J connectivity index is 2.16. The van der Waals surface area contributed by atoms with Crippen LogP contribution in [0.4, 0.5) is 0 Å². The number of hydrogen-bond donors (Lipinski definition) is 1. The smallest absolute Gasteiger partial charge is 0.0937 e. The fourth-order valence-corrected chi connectivity index (χ4v) is 2.69. The van der Waals surface area contributed by atoms with Crippen LogP contribution >= 0.6 is 0 Å². The van der Waals surface area contributed by atoms with Gasteiger partial charge in [-0.25, -0.2) is 0 Å². The van der Waals surface area contributed by atoms with Crippen LogP contribution in [0.1, 0.15) is 28.3 Å². The topological polar surface area (TPSA) is 37.8 Å². The normalized spacial score (nSPS) is 12.5. The summed E-state index contributed by atoms with van der Waals surface area (Å²) in [6.45, 7) is 4.28. The average molecular weight is 277 g/mol. The van der Waals surface area contributed by atoms with E-state index in [1.807, 2.05) is 19.2 Å². The van der Waals surface area contributed by atoms with E-state index in [-0.39, 0.29) is 6.04 Å². The lowest BCUT2D eigenvalue weighted by Gasteiger charge is -2.19. The van der Waals surface area contributed by atoms with Crippen LogP contribution < -0.4 is 5.32 Å². The van der Waals surface area contributed by atoms with Gasteiger partial charge in [0.15, 0.2) is 0 Å². The van der Waals surface area contributed by atoms with Crippen LogP contribution in [0.2, 0.25) is 0 Å². The zero-order valence-corrected chi connectivity index (χ0v) is 12.6. The summed E-state index contributed by atoms with van der Waals surface area (Å²) in [6, 6.07) is 12.9. The quantitative estimate of drug-likeness (QED) is 0.795. The lowest BCUT2D eigenvalue weighted by atomic mass is 9.95. The van der Waals surface area contributed by atoms with E-state index in [9.17, 15) is 0 Å². The Hall–Kier alpha value is -2.26. The largest absolute Gasteiger partial charge is 0.309 e. The van der Waals surface area contributed by atoms with E-state index in [2.05, 4.69) is 53.4 Å². The van der Waals surface area contributed by atoms with Gasteiger partial charge in [0.05, 0.1) is 17.1 Å². The van der Waals surface area contributed by atoms with Gasteiger partial charge in [0, 0.05) is 18.0 Å². The maximum absolute atomic E-state index is 4.51. The first-order valence-electron chi connectivity index (χ1n) is 7.15. The molecule has 1 heterocycles. The molecule has 106 valence electrons. The van der Waals surface area contributed by atoms with E-state index in [1.165, 1.54) is 16.7 Å². The SMILES string of the molecule is CNC(c1ccc(C)c(C)c1)c1cccc2nccnc12. The molecule has 3 heteroatoms. The minimum absolute atomic E-state index is 0.115. The van der Waals surface area contributed by atoms with Gasteiger partial charge in [-0.05, 0) is 43.7 Å².